The molecule has 13 nitrogen and oxygen atoms in total. The van der Waals surface area contributed by atoms with Crippen LogP contribution in [0.25, 0.3) is 0 Å². The van der Waals surface area contributed by atoms with E-state index in [0.29, 0.717) is 0 Å². The Kier molecular flexibility index (Phi) is 46.2. The van der Waals surface area contributed by atoms with Gasteiger partial charge in [-0.2, -0.15) is 0 Å². The van der Waals surface area contributed by atoms with E-state index in [1.165, 1.54) is 0 Å². The third-order valence-corrected chi connectivity index (χ3v) is 5.53. The van der Waals surface area contributed by atoms with Crippen molar-refractivity contribution in [3.05, 3.63) is 136 Å². The minimum atomic E-state index is 0.792. The van der Waals surface area contributed by atoms with Crippen LogP contribution in [0.3, 0.4) is 0 Å². The number of aromatic nitrogens is 13. The summed E-state index contributed by atoms with van der Waals surface area (Å²) in [5, 5.41) is 0. The first-order valence-corrected chi connectivity index (χ1v) is 20.6. The van der Waals surface area contributed by atoms with Crippen LogP contribution in [0.1, 0.15) is 144 Å². The molecule has 6 rings (SSSR count). The van der Waals surface area contributed by atoms with E-state index in [1.807, 2.05) is 177 Å². The van der Waals surface area contributed by atoms with Crippen molar-refractivity contribution in [2.45, 2.75) is 159 Å². The lowest BCUT2D eigenvalue weighted by molar-refractivity contribution is 0.875. The number of hydrogen-bond acceptors (Lipinski definition) is 13. The van der Waals surface area contributed by atoms with Crippen molar-refractivity contribution in [3.63, 3.8) is 0 Å². The van der Waals surface area contributed by atoms with Crippen molar-refractivity contribution < 1.29 is 0 Å². The predicted molar refractivity (Wildman–Crippen MR) is 248 cm³/mol. The molecule has 0 aromatic carbocycles. The van der Waals surface area contributed by atoms with Gasteiger partial charge in [0.1, 0.15) is 35.4 Å². The van der Waals surface area contributed by atoms with E-state index in [1.54, 1.807) is 43.5 Å². The first kappa shape index (κ1) is 62.6. The van der Waals surface area contributed by atoms with Gasteiger partial charge in [0, 0.05) is 60.0 Å². The van der Waals surface area contributed by atoms with Crippen molar-refractivity contribution >= 4 is 0 Å². The summed E-state index contributed by atoms with van der Waals surface area (Å²) in [6, 6.07) is 5.71. The van der Waals surface area contributed by atoms with Gasteiger partial charge in [-0.1, -0.05) is 69.2 Å². The van der Waals surface area contributed by atoms with Gasteiger partial charge in [0.05, 0.1) is 22.8 Å². The third kappa shape index (κ3) is 41.9. The SMILES string of the molecule is CC.CC.CC.CC.CC.Cc1cc(C)ncn1.Cc1ccnc(C)n1.Cc1ccnc(C)n1.Cc1cnc(C)cn1.Cc1cncc(C)n1.Cc1nc(C)nc(C)n1. The summed E-state index contributed by atoms with van der Waals surface area (Å²) in [5.41, 5.74) is 7.99. The van der Waals surface area contributed by atoms with Crippen molar-refractivity contribution in [1.29, 1.82) is 0 Å². The molecule has 13 heteroatoms. The van der Waals surface area contributed by atoms with Crippen LogP contribution in [-0.4, -0.2) is 64.8 Å². The fourth-order valence-corrected chi connectivity index (χ4v) is 3.56. The summed E-state index contributed by atoms with van der Waals surface area (Å²) in [6.45, 7) is 44.9. The summed E-state index contributed by atoms with van der Waals surface area (Å²) in [6.07, 6.45) is 12.1. The molecule has 6 aromatic heterocycles. The van der Waals surface area contributed by atoms with Crippen LogP contribution in [0, 0.1) is 90.0 Å². The van der Waals surface area contributed by atoms with Gasteiger partial charge in [-0.15, -0.1) is 0 Å². The van der Waals surface area contributed by atoms with E-state index in [0.717, 1.165) is 74.7 Å². The second-order valence-electron chi connectivity index (χ2n) is 10.9. The van der Waals surface area contributed by atoms with Crippen molar-refractivity contribution in [1.82, 2.24) is 64.8 Å². The van der Waals surface area contributed by atoms with Crippen molar-refractivity contribution in [2.24, 2.45) is 0 Å². The average Bonchev–Trinajstić information content (AvgIpc) is 3.20. The van der Waals surface area contributed by atoms with Gasteiger partial charge in [-0.25, -0.2) is 44.9 Å². The Labute approximate surface area is 359 Å². The van der Waals surface area contributed by atoms with Crippen LogP contribution >= 0.6 is 0 Å². The van der Waals surface area contributed by atoms with E-state index < -0.39 is 0 Å². The van der Waals surface area contributed by atoms with Crippen LogP contribution in [0.15, 0.2) is 61.7 Å². The standard InChI is InChI=1S/C6H9N3.5C6H8N2.5C2H6/c1-4-7-5(2)9-6(3)8-4;1-5-3-8-6(2)4-7-5;1-5-3-7-4-6(2)8-5;1-5-3-6(2)8-4-7-5;2*1-5-3-4-7-6(2)8-5;5*1-2/h1-3H3;5*3-4H,1-2H3;5*1-2H3. The second kappa shape index (κ2) is 43.5. The van der Waals surface area contributed by atoms with Gasteiger partial charge in [-0.3, -0.25) is 19.9 Å². The Morgan fingerprint density at radius 1 is 0.271 bits per heavy atom. The molecule has 6 heterocycles. The fraction of sp³-hybridized carbons (Fsp3) is 0.500. The average molecular weight is 814 g/mol. The Balaban J connectivity index is -0.000000189. The fourth-order valence-electron chi connectivity index (χ4n) is 3.56. The monoisotopic (exact) mass is 814 g/mol. The van der Waals surface area contributed by atoms with Crippen LogP contribution < -0.4 is 0 Å². The zero-order valence-corrected chi connectivity index (χ0v) is 41.1. The maximum atomic E-state index is 4.11. The molecule has 0 bridgehead atoms. The molecule has 0 radical (unpaired) electrons. The summed E-state index contributed by atoms with van der Waals surface area (Å²) < 4.78 is 0. The highest BCUT2D eigenvalue weighted by Gasteiger charge is 1.92. The molecule has 0 aliphatic carbocycles. The number of rotatable bonds is 0. The van der Waals surface area contributed by atoms with E-state index in [2.05, 4.69) is 64.8 Å². The highest BCUT2D eigenvalue weighted by Crippen LogP contribution is 1.93. The van der Waals surface area contributed by atoms with Crippen molar-refractivity contribution in [2.75, 3.05) is 0 Å². The number of hydrogen-bond donors (Lipinski definition) is 0. The van der Waals surface area contributed by atoms with Gasteiger partial charge in [0.2, 0.25) is 0 Å². The van der Waals surface area contributed by atoms with E-state index in [-0.39, 0.29) is 0 Å². The largest absolute Gasteiger partial charge is 0.261 e. The normalized spacial score (nSPS) is 8.25. The first-order chi connectivity index (χ1) is 28.1. The summed E-state index contributed by atoms with van der Waals surface area (Å²) in [5.74, 6) is 4.05. The molecule has 0 saturated heterocycles. The highest BCUT2D eigenvalue weighted by molar-refractivity contribution is 5.03. The lowest BCUT2D eigenvalue weighted by atomic mass is 10.4. The zero-order valence-electron chi connectivity index (χ0n) is 41.1. The first-order valence-electron chi connectivity index (χ1n) is 20.6. The molecule has 59 heavy (non-hydrogen) atoms. The molecule has 0 aliphatic heterocycles. The molecule has 328 valence electrons. The lowest BCUT2D eigenvalue weighted by Crippen LogP contribution is -1.97. The quantitative estimate of drug-likeness (QED) is 0.142. The van der Waals surface area contributed by atoms with Gasteiger partial charge < -0.3 is 0 Å². The zero-order chi connectivity index (χ0) is 46.8. The molecular weight excluding hydrogens is 735 g/mol. The van der Waals surface area contributed by atoms with Crippen LogP contribution in [0.5, 0.6) is 0 Å². The van der Waals surface area contributed by atoms with E-state index >= 15 is 0 Å². The van der Waals surface area contributed by atoms with Gasteiger partial charge in [0.15, 0.2) is 0 Å². The maximum absolute atomic E-state index is 4.11. The van der Waals surface area contributed by atoms with Crippen molar-refractivity contribution in [3.8, 4) is 0 Å². The Morgan fingerprint density at radius 2 is 0.593 bits per heavy atom. The van der Waals surface area contributed by atoms with Crippen LogP contribution in [-0.2, 0) is 0 Å². The molecule has 6 aromatic rings. The maximum Gasteiger partial charge on any atom is 0.129 e. The van der Waals surface area contributed by atoms with E-state index in [9.17, 15) is 0 Å². The molecule has 0 amide bonds. The lowest BCUT2D eigenvalue weighted by Gasteiger charge is -1.94. The molecule has 0 saturated carbocycles. The Morgan fingerprint density at radius 3 is 0.780 bits per heavy atom. The number of aryl methyl sites for hydroxylation is 13. The number of nitrogens with zero attached hydrogens (tertiary/aromatic N) is 13. The van der Waals surface area contributed by atoms with Crippen LogP contribution in [0.4, 0.5) is 0 Å². The second-order valence-corrected chi connectivity index (χ2v) is 10.9. The molecule has 0 aliphatic rings. The highest BCUT2D eigenvalue weighted by atomic mass is 15.0. The predicted octanol–water partition coefficient (Wildman–Crippen LogP) is 11.4. The van der Waals surface area contributed by atoms with Crippen LogP contribution in [0.2, 0.25) is 0 Å². The Bertz CT molecular complexity index is 1500. The summed E-state index contributed by atoms with van der Waals surface area (Å²) >= 11 is 0. The topological polar surface area (TPSA) is 168 Å². The molecule has 0 unspecified atom stereocenters. The summed E-state index contributed by atoms with van der Waals surface area (Å²) in [4.78, 5) is 51.9. The minimum absolute atomic E-state index is 0.792. The van der Waals surface area contributed by atoms with Gasteiger partial charge in [0.25, 0.3) is 0 Å². The minimum Gasteiger partial charge on any atom is -0.261 e. The molecular formula is C46H79N13. The van der Waals surface area contributed by atoms with Gasteiger partial charge in [-0.05, 0) is 108 Å². The molecule has 0 atom stereocenters. The van der Waals surface area contributed by atoms with E-state index in [4.69, 9.17) is 0 Å². The van der Waals surface area contributed by atoms with Gasteiger partial charge >= 0.3 is 0 Å². The summed E-state index contributed by atoms with van der Waals surface area (Å²) in [7, 11) is 0. The molecule has 0 fully saturated rings. The smallest absolute Gasteiger partial charge is 0.129 e. The molecule has 0 spiro atoms. The molecule has 0 N–H and O–H groups in total. The third-order valence-electron chi connectivity index (χ3n) is 5.53. The Hall–Kier alpha value is -5.59.